The Morgan fingerprint density at radius 1 is 0.839 bits per heavy atom. The van der Waals surface area contributed by atoms with Gasteiger partial charge < -0.3 is 16.8 Å². The molecule has 2 unspecified atom stereocenters. The number of allylic oxidation sites excluding steroid dienone is 3. The van der Waals surface area contributed by atoms with Gasteiger partial charge in [0.1, 0.15) is 0 Å². The van der Waals surface area contributed by atoms with E-state index in [0.29, 0.717) is 11.8 Å². The average molecular weight is 407 g/mol. The van der Waals surface area contributed by atoms with E-state index in [9.17, 15) is 0 Å². The molecule has 31 heavy (non-hydrogen) atoms. The number of nitrogens with zero attached hydrogens (tertiary/aromatic N) is 1. The van der Waals surface area contributed by atoms with Gasteiger partial charge in [-0.3, -0.25) is 0 Å². The molecular weight excluding hydrogens is 380 g/mol. The lowest BCUT2D eigenvalue weighted by Crippen LogP contribution is -2.16. The highest BCUT2D eigenvalue weighted by Gasteiger charge is 2.18. The molecule has 1 aliphatic rings. The van der Waals surface area contributed by atoms with E-state index in [2.05, 4.69) is 54.7 Å². The summed E-state index contributed by atoms with van der Waals surface area (Å²) >= 11 is 0. The molecule has 3 aromatic carbocycles. The highest BCUT2D eigenvalue weighted by molar-refractivity contribution is 5.94. The summed E-state index contributed by atoms with van der Waals surface area (Å²) < 4.78 is 0. The number of hydrogen-bond donors (Lipinski definition) is 3. The summed E-state index contributed by atoms with van der Waals surface area (Å²) in [5.41, 5.74) is 18.8. The molecule has 1 aliphatic carbocycles. The fraction of sp³-hybridized carbons (Fsp3) is 0.148. The minimum Gasteiger partial charge on any atom is -0.399 e. The van der Waals surface area contributed by atoms with Crippen molar-refractivity contribution in [3.05, 3.63) is 96.2 Å². The average Bonchev–Trinajstić information content (AvgIpc) is 2.76. The van der Waals surface area contributed by atoms with E-state index < -0.39 is 0 Å². The Labute approximate surface area is 182 Å². The van der Waals surface area contributed by atoms with Gasteiger partial charge in [-0.25, -0.2) is 4.98 Å². The van der Waals surface area contributed by atoms with Crippen LogP contribution in [0, 0.1) is 11.8 Å². The summed E-state index contributed by atoms with van der Waals surface area (Å²) in [7, 11) is 0. The third-order valence-electron chi connectivity index (χ3n) is 6.01. The Balaban J connectivity index is 1.33. The third-order valence-corrected chi connectivity index (χ3v) is 6.01. The first kappa shape index (κ1) is 19.2. The molecule has 0 amide bonds. The molecule has 4 aromatic rings. The van der Waals surface area contributed by atoms with Crippen molar-refractivity contribution in [3.8, 4) is 0 Å². The van der Waals surface area contributed by atoms with E-state index in [4.69, 9.17) is 16.5 Å². The van der Waals surface area contributed by atoms with Gasteiger partial charge >= 0.3 is 0 Å². The standard InChI is InChI=1S/C27H26N4/c1-17-12-25(30-24-8-4-22(28)5-9-24)7-3-19(17)13-18-2-10-26-20(14-18)15-21-16-23(29)6-11-27(21)31-26/h2-12,14-17,19,30H,13,28-29H2,1H3. The molecule has 5 rings (SSSR count). The number of aromatic nitrogens is 1. The summed E-state index contributed by atoms with van der Waals surface area (Å²) in [5.74, 6) is 0.894. The number of nitrogens with one attached hydrogen (secondary N) is 1. The molecule has 0 saturated heterocycles. The topological polar surface area (TPSA) is 77.0 Å². The Bertz CT molecular complexity index is 1320. The number of nitrogens with two attached hydrogens (primary N) is 2. The van der Waals surface area contributed by atoms with Crippen LogP contribution in [0.4, 0.5) is 17.1 Å². The second-order valence-corrected chi connectivity index (χ2v) is 8.42. The zero-order chi connectivity index (χ0) is 21.4. The van der Waals surface area contributed by atoms with Crippen LogP contribution in [-0.4, -0.2) is 4.98 Å². The number of fused-ring (bicyclic) bond motifs is 2. The van der Waals surface area contributed by atoms with Crippen molar-refractivity contribution in [2.24, 2.45) is 11.8 Å². The predicted molar refractivity (Wildman–Crippen MR) is 132 cm³/mol. The largest absolute Gasteiger partial charge is 0.399 e. The maximum atomic E-state index is 5.95. The fourth-order valence-corrected chi connectivity index (χ4v) is 4.24. The number of pyridine rings is 1. The van der Waals surface area contributed by atoms with E-state index in [-0.39, 0.29) is 0 Å². The van der Waals surface area contributed by atoms with E-state index in [1.807, 2.05) is 42.5 Å². The Morgan fingerprint density at radius 3 is 2.32 bits per heavy atom. The molecule has 154 valence electrons. The summed E-state index contributed by atoms with van der Waals surface area (Å²) in [5, 5.41) is 5.71. The summed E-state index contributed by atoms with van der Waals surface area (Å²) in [6.45, 7) is 2.28. The van der Waals surface area contributed by atoms with Gasteiger partial charge in [0.25, 0.3) is 0 Å². The monoisotopic (exact) mass is 406 g/mol. The Morgan fingerprint density at radius 2 is 1.55 bits per heavy atom. The van der Waals surface area contributed by atoms with Crippen molar-refractivity contribution in [1.82, 2.24) is 4.98 Å². The van der Waals surface area contributed by atoms with Crippen molar-refractivity contribution < 1.29 is 0 Å². The molecule has 4 nitrogen and oxygen atoms in total. The van der Waals surface area contributed by atoms with Crippen LogP contribution in [-0.2, 0) is 6.42 Å². The van der Waals surface area contributed by atoms with Gasteiger partial charge in [0.15, 0.2) is 0 Å². The molecule has 0 saturated carbocycles. The van der Waals surface area contributed by atoms with Crippen LogP contribution in [0.3, 0.4) is 0 Å². The van der Waals surface area contributed by atoms with Gasteiger partial charge in [0, 0.05) is 33.5 Å². The molecule has 0 radical (unpaired) electrons. The Hall–Kier alpha value is -3.79. The summed E-state index contributed by atoms with van der Waals surface area (Å²) in [4.78, 5) is 4.78. The number of hydrogen-bond acceptors (Lipinski definition) is 4. The lowest BCUT2D eigenvalue weighted by Gasteiger charge is -2.24. The first-order chi connectivity index (χ1) is 15.0. The second-order valence-electron chi connectivity index (χ2n) is 8.42. The zero-order valence-electron chi connectivity index (χ0n) is 17.5. The van der Waals surface area contributed by atoms with Crippen LogP contribution in [0.1, 0.15) is 12.5 Å². The van der Waals surface area contributed by atoms with Crippen molar-refractivity contribution in [2.75, 3.05) is 16.8 Å². The third kappa shape index (κ3) is 4.10. The second kappa shape index (κ2) is 7.80. The molecule has 2 atom stereocenters. The molecule has 0 aliphatic heterocycles. The number of anilines is 3. The van der Waals surface area contributed by atoms with Gasteiger partial charge in [-0.15, -0.1) is 0 Å². The van der Waals surface area contributed by atoms with Gasteiger partial charge in [-0.1, -0.05) is 25.1 Å². The summed E-state index contributed by atoms with van der Waals surface area (Å²) in [6, 6.07) is 22.5. The normalized spacial score (nSPS) is 18.3. The van der Waals surface area contributed by atoms with Gasteiger partial charge in [-0.05, 0) is 90.6 Å². The first-order valence-electron chi connectivity index (χ1n) is 10.6. The number of benzene rings is 3. The van der Waals surface area contributed by atoms with Crippen LogP contribution in [0.5, 0.6) is 0 Å². The van der Waals surface area contributed by atoms with Crippen molar-refractivity contribution in [2.45, 2.75) is 13.3 Å². The SMILES string of the molecule is CC1C=C(Nc2ccc(N)cc2)C=CC1Cc1ccc2nc3ccc(N)cc3cc2c1. The molecular formula is C27H26N4. The molecule has 1 heterocycles. The van der Waals surface area contributed by atoms with Gasteiger partial charge in [0.2, 0.25) is 0 Å². The van der Waals surface area contributed by atoms with Crippen LogP contribution in [0.25, 0.3) is 21.8 Å². The number of rotatable bonds is 4. The highest BCUT2D eigenvalue weighted by Crippen LogP contribution is 2.29. The fourth-order valence-electron chi connectivity index (χ4n) is 4.24. The smallest absolute Gasteiger partial charge is 0.0711 e. The lowest BCUT2D eigenvalue weighted by molar-refractivity contribution is 0.501. The van der Waals surface area contributed by atoms with Crippen molar-refractivity contribution >= 4 is 38.9 Å². The maximum absolute atomic E-state index is 5.95. The van der Waals surface area contributed by atoms with E-state index in [0.717, 1.165) is 51.0 Å². The Kier molecular flexibility index (Phi) is 4.83. The van der Waals surface area contributed by atoms with E-state index in [1.54, 1.807) is 0 Å². The number of nitrogen functional groups attached to an aromatic ring is 2. The molecule has 5 N–H and O–H groups in total. The van der Waals surface area contributed by atoms with Crippen LogP contribution in [0.2, 0.25) is 0 Å². The zero-order valence-corrected chi connectivity index (χ0v) is 17.5. The van der Waals surface area contributed by atoms with Gasteiger partial charge in [-0.2, -0.15) is 0 Å². The van der Waals surface area contributed by atoms with Crippen LogP contribution < -0.4 is 16.8 Å². The summed E-state index contributed by atoms with van der Waals surface area (Å²) in [6.07, 6.45) is 7.79. The predicted octanol–water partition coefficient (Wildman–Crippen LogP) is 5.91. The van der Waals surface area contributed by atoms with Crippen LogP contribution >= 0.6 is 0 Å². The highest BCUT2D eigenvalue weighted by atomic mass is 14.9. The van der Waals surface area contributed by atoms with Crippen molar-refractivity contribution in [3.63, 3.8) is 0 Å². The minimum absolute atomic E-state index is 0.437. The van der Waals surface area contributed by atoms with Crippen molar-refractivity contribution in [1.29, 1.82) is 0 Å². The molecule has 0 spiro atoms. The van der Waals surface area contributed by atoms with E-state index >= 15 is 0 Å². The van der Waals surface area contributed by atoms with Gasteiger partial charge in [0.05, 0.1) is 11.0 Å². The van der Waals surface area contributed by atoms with E-state index in [1.165, 1.54) is 5.56 Å². The maximum Gasteiger partial charge on any atom is 0.0711 e. The molecule has 0 bridgehead atoms. The minimum atomic E-state index is 0.437. The molecule has 4 heteroatoms. The first-order valence-corrected chi connectivity index (χ1v) is 10.6. The van der Waals surface area contributed by atoms with Crippen LogP contribution in [0.15, 0.2) is 90.7 Å². The lowest BCUT2D eigenvalue weighted by atomic mass is 9.84. The molecule has 0 fully saturated rings. The quantitative estimate of drug-likeness (QED) is 0.291. The molecule has 1 aromatic heterocycles.